The third kappa shape index (κ3) is 71.9. The SMILES string of the molecule is CCCCC/C=C\C/C=C\CCCCCCCC(=O)OC[C@H](COP(=O)(O)OC[C@H](O)COP(=O)(O)OC[C@@H](COC(=O)CCCCCCCCCCCCCCC)OC(=O)CCCCCCCCCCCCCCCCCCC)OC(=O)CCCCCCCCCCCCCCC. The zero-order valence-electron chi connectivity index (χ0n) is 63.2. The van der Waals surface area contributed by atoms with E-state index in [1.165, 1.54) is 205 Å². The summed E-state index contributed by atoms with van der Waals surface area (Å²) >= 11 is 0. The molecule has 0 aliphatic heterocycles. The summed E-state index contributed by atoms with van der Waals surface area (Å²) in [5.41, 5.74) is 0. The van der Waals surface area contributed by atoms with E-state index in [9.17, 15) is 43.2 Å². The van der Waals surface area contributed by atoms with Crippen LogP contribution < -0.4 is 0 Å². The molecule has 0 aromatic rings. The molecule has 0 spiro atoms. The summed E-state index contributed by atoms with van der Waals surface area (Å²) in [5.74, 6) is -2.13. The van der Waals surface area contributed by atoms with Gasteiger partial charge >= 0.3 is 39.5 Å². The lowest BCUT2D eigenvalue weighted by Crippen LogP contribution is -2.30. The maximum Gasteiger partial charge on any atom is 0.472 e. The molecule has 0 rings (SSSR count). The van der Waals surface area contributed by atoms with Crippen molar-refractivity contribution in [3.05, 3.63) is 24.3 Å². The lowest BCUT2D eigenvalue weighted by molar-refractivity contribution is -0.161. The quantitative estimate of drug-likeness (QED) is 0.0169. The molecule has 0 amide bonds. The predicted octanol–water partition coefficient (Wildman–Crippen LogP) is 23.3. The fourth-order valence-corrected chi connectivity index (χ4v) is 13.3. The number of esters is 4. The fraction of sp³-hybridized carbons (Fsp3) is 0.899. The second kappa shape index (κ2) is 72.9. The third-order valence-electron chi connectivity index (χ3n) is 17.9. The van der Waals surface area contributed by atoms with Crippen LogP contribution in [0.25, 0.3) is 0 Å². The molecular formula is C79H150O17P2. The van der Waals surface area contributed by atoms with Gasteiger partial charge in [-0.2, -0.15) is 0 Å². The van der Waals surface area contributed by atoms with Gasteiger partial charge in [0.1, 0.15) is 19.3 Å². The molecule has 578 valence electrons. The van der Waals surface area contributed by atoms with Crippen LogP contribution in [0.2, 0.25) is 0 Å². The maximum absolute atomic E-state index is 13.1. The molecule has 0 heterocycles. The molecule has 0 aliphatic carbocycles. The van der Waals surface area contributed by atoms with E-state index in [1.807, 2.05) is 0 Å². The molecule has 19 heteroatoms. The number of ether oxygens (including phenoxy) is 4. The molecule has 2 unspecified atom stereocenters. The van der Waals surface area contributed by atoms with Gasteiger partial charge in [-0.15, -0.1) is 0 Å². The zero-order valence-corrected chi connectivity index (χ0v) is 65.0. The monoisotopic (exact) mass is 1430 g/mol. The number of allylic oxidation sites excluding steroid dienone is 4. The van der Waals surface area contributed by atoms with E-state index >= 15 is 0 Å². The molecule has 0 radical (unpaired) electrons. The fourth-order valence-electron chi connectivity index (χ4n) is 11.7. The maximum atomic E-state index is 13.1. The highest BCUT2D eigenvalue weighted by Gasteiger charge is 2.30. The number of carbonyl (C=O) groups is 4. The molecular weight excluding hydrogens is 1280 g/mol. The number of aliphatic hydroxyl groups excluding tert-OH is 1. The Balaban J connectivity index is 5.28. The summed E-state index contributed by atoms with van der Waals surface area (Å²) in [6, 6.07) is 0. The first-order valence-corrected chi connectivity index (χ1v) is 43.6. The Morgan fingerprint density at radius 2 is 0.500 bits per heavy atom. The Morgan fingerprint density at radius 3 is 0.776 bits per heavy atom. The summed E-state index contributed by atoms with van der Waals surface area (Å²) in [6.07, 6.45) is 67.2. The van der Waals surface area contributed by atoms with Gasteiger partial charge in [0, 0.05) is 25.7 Å². The zero-order chi connectivity index (χ0) is 71.8. The van der Waals surface area contributed by atoms with Gasteiger partial charge in [0.15, 0.2) is 12.2 Å². The normalized spacial score (nSPS) is 14.0. The van der Waals surface area contributed by atoms with E-state index in [1.54, 1.807) is 0 Å². The number of rotatable bonds is 78. The second-order valence-electron chi connectivity index (χ2n) is 27.7. The topological polar surface area (TPSA) is 237 Å². The Hall–Kier alpha value is -2.46. The van der Waals surface area contributed by atoms with Crippen LogP contribution in [0.4, 0.5) is 0 Å². The lowest BCUT2D eigenvalue weighted by Gasteiger charge is -2.21. The molecule has 5 atom stereocenters. The van der Waals surface area contributed by atoms with Gasteiger partial charge in [-0.3, -0.25) is 37.3 Å². The summed E-state index contributed by atoms with van der Waals surface area (Å²) in [4.78, 5) is 72.9. The molecule has 0 aromatic heterocycles. The molecule has 98 heavy (non-hydrogen) atoms. The van der Waals surface area contributed by atoms with Crippen molar-refractivity contribution in [3.63, 3.8) is 0 Å². The van der Waals surface area contributed by atoms with Crippen LogP contribution in [0.3, 0.4) is 0 Å². The number of phosphoric acid groups is 2. The van der Waals surface area contributed by atoms with Crippen LogP contribution in [0.1, 0.15) is 400 Å². The Kier molecular flexibility index (Phi) is 71.0. The average molecular weight is 1430 g/mol. The first-order chi connectivity index (χ1) is 47.7. The van der Waals surface area contributed by atoms with Gasteiger partial charge in [-0.1, -0.05) is 341 Å². The van der Waals surface area contributed by atoms with Crippen LogP contribution in [-0.2, 0) is 65.4 Å². The van der Waals surface area contributed by atoms with Gasteiger partial charge in [0.2, 0.25) is 0 Å². The summed E-state index contributed by atoms with van der Waals surface area (Å²) in [7, 11) is -9.93. The standard InChI is InChI=1S/C79H150O17P2/c1-5-9-13-17-21-25-29-33-35-36-38-42-46-50-54-58-62-66-79(84)96-75(69-89-76(81)63-59-55-51-47-43-39-31-27-23-19-15-11-7-3)72-94-98(87,88)92-68-73(80)67-91-97(85,86)93-71-74(95-78(83)65-61-57-53-49-45-40-32-28-24-20-16-12-8-4)70-90-77(82)64-60-56-52-48-44-41-37-34-30-26-22-18-14-10-6-2/h22,26,34,37,73-75,80H,5-21,23-25,27-33,35-36,38-72H2,1-4H3,(H,85,86)(H,87,88)/b26-22-,37-34-/t73-,74+,75+/m0/s1. The van der Waals surface area contributed by atoms with Crippen molar-refractivity contribution in [1.82, 2.24) is 0 Å². The number of unbranched alkanes of at least 4 members (excludes halogenated alkanes) is 48. The van der Waals surface area contributed by atoms with E-state index in [2.05, 4.69) is 52.0 Å². The average Bonchev–Trinajstić information content (AvgIpc) is 0.972. The highest BCUT2D eigenvalue weighted by atomic mass is 31.2. The smallest absolute Gasteiger partial charge is 0.462 e. The van der Waals surface area contributed by atoms with Crippen LogP contribution in [-0.4, -0.2) is 96.7 Å². The van der Waals surface area contributed by atoms with Gasteiger partial charge < -0.3 is 33.8 Å². The number of phosphoric ester groups is 2. The van der Waals surface area contributed by atoms with Crippen molar-refractivity contribution in [3.8, 4) is 0 Å². The van der Waals surface area contributed by atoms with Gasteiger partial charge in [0.25, 0.3) is 0 Å². The Morgan fingerprint density at radius 1 is 0.286 bits per heavy atom. The first kappa shape index (κ1) is 95.5. The molecule has 3 N–H and O–H groups in total. The van der Waals surface area contributed by atoms with Gasteiger partial charge in [0.05, 0.1) is 26.4 Å². The molecule has 0 aliphatic rings. The number of aliphatic hydroxyl groups is 1. The lowest BCUT2D eigenvalue weighted by atomic mass is 10.0. The molecule has 0 saturated heterocycles. The predicted molar refractivity (Wildman–Crippen MR) is 400 cm³/mol. The van der Waals surface area contributed by atoms with Crippen molar-refractivity contribution in [2.45, 2.75) is 418 Å². The highest BCUT2D eigenvalue weighted by molar-refractivity contribution is 7.47. The first-order valence-electron chi connectivity index (χ1n) is 40.6. The van der Waals surface area contributed by atoms with Crippen molar-refractivity contribution >= 4 is 39.5 Å². The number of hydrogen-bond donors (Lipinski definition) is 3. The number of hydrogen-bond acceptors (Lipinski definition) is 15. The second-order valence-corrected chi connectivity index (χ2v) is 30.6. The van der Waals surface area contributed by atoms with Crippen molar-refractivity contribution in [2.24, 2.45) is 0 Å². The van der Waals surface area contributed by atoms with Crippen LogP contribution >= 0.6 is 15.6 Å². The third-order valence-corrected chi connectivity index (χ3v) is 19.9. The van der Waals surface area contributed by atoms with E-state index < -0.39 is 97.5 Å². The largest absolute Gasteiger partial charge is 0.472 e. The number of carbonyl (C=O) groups excluding carboxylic acids is 4. The highest BCUT2D eigenvalue weighted by Crippen LogP contribution is 2.45. The van der Waals surface area contributed by atoms with Crippen LogP contribution in [0.5, 0.6) is 0 Å². The van der Waals surface area contributed by atoms with E-state index in [0.29, 0.717) is 25.7 Å². The van der Waals surface area contributed by atoms with Crippen LogP contribution in [0.15, 0.2) is 24.3 Å². The Labute approximate surface area is 599 Å². The minimum Gasteiger partial charge on any atom is -0.462 e. The summed E-state index contributed by atoms with van der Waals surface area (Å²) in [6.45, 7) is 4.95. The van der Waals surface area contributed by atoms with E-state index in [0.717, 1.165) is 116 Å². The molecule has 0 fully saturated rings. The molecule has 0 saturated carbocycles. The van der Waals surface area contributed by atoms with Crippen molar-refractivity contribution in [2.75, 3.05) is 39.6 Å². The van der Waals surface area contributed by atoms with Crippen molar-refractivity contribution in [1.29, 1.82) is 0 Å². The van der Waals surface area contributed by atoms with Crippen LogP contribution in [0, 0.1) is 0 Å². The minimum atomic E-state index is -4.96. The van der Waals surface area contributed by atoms with Gasteiger partial charge in [-0.25, -0.2) is 9.13 Å². The van der Waals surface area contributed by atoms with E-state index in [-0.39, 0.29) is 25.7 Å². The van der Waals surface area contributed by atoms with Crippen molar-refractivity contribution < 1.29 is 80.2 Å². The van der Waals surface area contributed by atoms with E-state index in [4.69, 9.17) is 37.0 Å². The molecule has 17 nitrogen and oxygen atoms in total. The van der Waals surface area contributed by atoms with Gasteiger partial charge in [-0.05, 0) is 57.8 Å². The molecule has 0 bridgehead atoms. The molecule has 0 aromatic carbocycles. The summed E-state index contributed by atoms with van der Waals surface area (Å²) < 4.78 is 68.6. The summed E-state index contributed by atoms with van der Waals surface area (Å²) in [5, 5.41) is 10.6. The Bertz CT molecular complexity index is 1950. The minimum absolute atomic E-state index is 0.102.